The number of ether oxygens (including phenoxy) is 5. The molecule has 3 aromatic rings. The van der Waals surface area contributed by atoms with Gasteiger partial charge in [0, 0.05) is 19.6 Å². The molecule has 1 N–H and O–H groups in total. The maximum absolute atomic E-state index is 13.1. The van der Waals surface area contributed by atoms with Crippen LogP contribution < -0.4 is 18.9 Å². The highest BCUT2D eigenvalue weighted by atomic mass is 16.6. The van der Waals surface area contributed by atoms with Crippen LogP contribution in [0.4, 0.5) is 4.79 Å². The number of carbonyl (C=O) groups excluding carboxylic acids is 1. The number of para-hydroxylation sites is 3. The Balaban J connectivity index is 1.54. The predicted octanol–water partition coefficient (Wildman–Crippen LogP) is 5.47. The summed E-state index contributed by atoms with van der Waals surface area (Å²) < 4.78 is 27.9. The summed E-state index contributed by atoms with van der Waals surface area (Å²) in [5.74, 6) is 1.24. The number of carboxylic acid groups (broad SMARTS) is 1. The van der Waals surface area contributed by atoms with Gasteiger partial charge < -0.3 is 33.7 Å². The minimum atomic E-state index is -0.992. The highest BCUT2D eigenvalue weighted by molar-refractivity contribution is 5.73. The average molecular weight is 552 g/mol. The number of aliphatic carboxylic acids is 1. The van der Waals surface area contributed by atoms with E-state index in [1.165, 1.54) is 7.11 Å². The van der Waals surface area contributed by atoms with Crippen molar-refractivity contribution in [1.29, 1.82) is 0 Å². The third kappa shape index (κ3) is 10.1. The number of carboxylic acids is 1. The van der Waals surface area contributed by atoms with E-state index in [-0.39, 0.29) is 13.0 Å². The summed E-state index contributed by atoms with van der Waals surface area (Å²) in [6, 6.07) is 23.8. The summed E-state index contributed by atoms with van der Waals surface area (Å²) in [6.45, 7) is 3.64. The number of hydrogen-bond donors (Lipinski definition) is 1. The molecule has 1 unspecified atom stereocenters. The maximum Gasteiger partial charge on any atom is 0.415 e. The zero-order valence-electron chi connectivity index (χ0n) is 23.0. The van der Waals surface area contributed by atoms with Gasteiger partial charge in [0.25, 0.3) is 0 Å². The molecule has 214 valence electrons. The fraction of sp³-hybridized carbons (Fsp3) is 0.355. The molecule has 3 aromatic carbocycles. The van der Waals surface area contributed by atoms with Crippen molar-refractivity contribution in [2.75, 3.05) is 40.0 Å². The number of amides is 1. The first kappa shape index (κ1) is 30.3. The topological polar surface area (TPSA) is 104 Å². The lowest BCUT2D eigenvalue weighted by Gasteiger charge is -2.22. The molecule has 0 aromatic heterocycles. The molecule has 0 bridgehead atoms. The highest BCUT2D eigenvalue weighted by Crippen LogP contribution is 2.26. The van der Waals surface area contributed by atoms with E-state index in [2.05, 4.69) is 0 Å². The SMILES string of the molecule is CCOC(Cc1ccc(OCCN(CCCCOc2ccccc2)C(=O)Oc2ccccc2OC)cc1)C(=O)O. The first-order valence-electron chi connectivity index (χ1n) is 13.3. The highest BCUT2D eigenvalue weighted by Gasteiger charge is 2.19. The number of rotatable bonds is 17. The van der Waals surface area contributed by atoms with Crippen LogP contribution >= 0.6 is 0 Å². The van der Waals surface area contributed by atoms with Crippen LogP contribution in [-0.4, -0.2) is 68.2 Å². The van der Waals surface area contributed by atoms with Gasteiger partial charge in [-0.25, -0.2) is 9.59 Å². The lowest BCUT2D eigenvalue weighted by molar-refractivity contribution is -0.149. The van der Waals surface area contributed by atoms with Gasteiger partial charge in [-0.1, -0.05) is 42.5 Å². The molecule has 0 heterocycles. The predicted molar refractivity (Wildman–Crippen MR) is 150 cm³/mol. The van der Waals surface area contributed by atoms with Crippen molar-refractivity contribution in [2.45, 2.75) is 32.3 Å². The molecule has 0 saturated heterocycles. The van der Waals surface area contributed by atoms with Crippen molar-refractivity contribution in [1.82, 2.24) is 4.90 Å². The number of unbranched alkanes of at least 4 members (excludes halogenated alkanes) is 1. The lowest BCUT2D eigenvalue weighted by atomic mass is 10.1. The molecule has 3 rings (SSSR count). The van der Waals surface area contributed by atoms with E-state index >= 15 is 0 Å². The van der Waals surface area contributed by atoms with E-state index in [4.69, 9.17) is 23.7 Å². The molecule has 40 heavy (non-hydrogen) atoms. The zero-order chi connectivity index (χ0) is 28.6. The second-order valence-corrected chi connectivity index (χ2v) is 8.85. The van der Waals surface area contributed by atoms with Gasteiger partial charge in [0.2, 0.25) is 0 Å². The van der Waals surface area contributed by atoms with Gasteiger partial charge in [-0.15, -0.1) is 0 Å². The van der Waals surface area contributed by atoms with Gasteiger partial charge in [-0.05, 0) is 61.7 Å². The number of carbonyl (C=O) groups is 2. The fourth-order valence-electron chi connectivity index (χ4n) is 3.90. The van der Waals surface area contributed by atoms with Gasteiger partial charge in [0.05, 0.1) is 20.3 Å². The monoisotopic (exact) mass is 551 g/mol. The standard InChI is InChI=1S/C31H37NO8/c1-3-37-29(30(33)34)23-24-15-17-26(18-16-24)39-22-20-32(19-9-10-21-38-25-11-5-4-6-12-25)31(35)40-28-14-8-7-13-27(28)36-2/h4-8,11-18,29H,3,9-10,19-23H2,1-2H3,(H,33,34). The summed E-state index contributed by atoms with van der Waals surface area (Å²) in [6.07, 6.45) is 0.350. The Labute approximate surface area is 235 Å². The van der Waals surface area contributed by atoms with E-state index < -0.39 is 18.2 Å². The second-order valence-electron chi connectivity index (χ2n) is 8.85. The molecular weight excluding hydrogens is 514 g/mol. The average Bonchev–Trinajstić information content (AvgIpc) is 2.97. The van der Waals surface area contributed by atoms with E-state index in [0.29, 0.717) is 50.0 Å². The van der Waals surface area contributed by atoms with Gasteiger partial charge in [-0.2, -0.15) is 0 Å². The molecule has 0 radical (unpaired) electrons. The van der Waals surface area contributed by atoms with Crippen LogP contribution in [-0.2, 0) is 16.0 Å². The van der Waals surface area contributed by atoms with Crippen LogP contribution in [0, 0.1) is 0 Å². The Morgan fingerprint density at radius 1 is 0.800 bits per heavy atom. The van der Waals surface area contributed by atoms with Crippen LogP contribution in [0.5, 0.6) is 23.0 Å². The molecule has 0 aliphatic rings. The van der Waals surface area contributed by atoms with Crippen molar-refractivity contribution in [3.05, 3.63) is 84.4 Å². The maximum atomic E-state index is 13.1. The summed E-state index contributed by atoms with van der Waals surface area (Å²) in [7, 11) is 1.52. The molecule has 0 spiro atoms. The van der Waals surface area contributed by atoms with Crippen LogP contribution in [0.15, 0.2) is 78.9 Å². The zero-order valence-corrected chi connectivity index (χ0v) is 23.0. The largest absolute Gasteiger partial charge is 0.494 e. The summed E-state index contributed by atoms with van der Waals surface area (Å²) in [5, 5.41) is 9.29. The lowest BCUT2D eigenvalue weighted by Crippen LogP contribution is -2.37. The van der Waals surface area contributed by atoms with E-state index in [0.717, 1.165) is 17.7 Å². The van der Waals surface area contributed by atoms with Gasteiger partial charge in [0.1, 0.15) is 18.1 Å². The molecule has 1 amide bonds. The van der Waals surface area contributed by atoms with E-state index in [1.807, 2.05) is 42.5 Å². The van der Waals surface area contributed by atoms with Crippen molar-refractivity contribution in [2.24, 2.45) is 0 Å². The normalized spacial score (nSPS) is 11.3. The number of hydrogen-bond acceptors (Lipinski definition) is 7. The first-order chi connectivity index (χ1) is 19.5. The molecule has 0 aliphatic carbocycles. The minimum absolute atomic E-state index is 0.248. The molecule has 9 heteroatoms. The summed E-state index contributed by atoms with van der Waals surface area (Å²) in [4.78, 5) is 26.0. The molecule has 0 saturated carbocycles. The molecular formula is C31H37NO8. The Morgan fingerprint density at radius 3 is 2.12 bits per heavy atom. The Hall–Kier alpha value is -4.24. The van der Waals surface area contributed by atoms with Crippen molar-refractivity contribution in [3.8, 4) is 23.0 Å². The Bertz CT molecular complexity index is 1170. The molecule has 1 atom stereocenters. The van der Waals surface area contributed by atoms with Crippen molar-refractivity contribution in [3.63, 3.8) is 0 Å². The molecule has 0 fully saturated rings. The van der Waals surface area contributed by atoms with Crippen LogP contribution in [0.2, 0.25) is 0 Å². The van der Waals surface area contributed by atoms with Crippen LogP contribution in [0.25, 0.3) is 0 Å². The first-order valence-corrected chi connectivity index (χ1v) is 13.3. The van der Waals surface area contributed by atoms with Gasteiger partial charge >= 0.3 is 12.1 Å². The second kappa shape index (κ2) is 16.7. The summed E-state index contributed by atoms with van der Waals surface area (Å²) in [5.41, 5.74) is 0.827. The van der Waals surface area contributed by atoms with Gasteiger partial charge in [0.15, 0.2) is 17.6 Å². The smallest absolute Gasteiger partial charge is 0.415 e. The van der Waals surface area contributed by atoms with E-state index in [9.17, 15) is 14.7 Å². The van der Waals surface area contributed by atoms with Crippen molar-refractivity contribution >= 4 is 12.1 Å². The molecule has 0 aliphatic heterocycles. The molecule has 9 nitrogen and oxygen atoms in total. The van der Waals surface area contributed by atoms with Crippen molar-refractivity contribution < 1.29 is 38.4 Å². The Kier molecular flexibility index (Phi) is 12.6. The van der Waals surface area contributed by atoms with Crippen LogP contribution in [0.1, 0.15) is 25.3 Å². The number of nitrogens with zero attached hydrogens (tertiary/aromatic N) is 1. The third-order valence-electron chi connectivity index (χ3n) is 5.98. The minimum Gasteiger partial charge on any atom is -0.494 e. The van der Waals surface area contributed by atoms with Gasteiger partial charge in [-0.3, -0.25) is 0 Å². The quantitative estimate of drug-likeness (QED) is 0.221. The number of methoxy groups -OCH3 is 1. The summed E-state index contributed by atoms with van der Waals surface area (Å²) >= 11 is 0. The number of benzene rings is 3. The van der Waals surface area contributed by atoms with E-state index in [1.54, 1.807) is 48.2 Å². The third-order valence-corrected chi connectivity index (χ3v) is 5.98. The fourth-order valence-corrected chi connectivity index (χ4v) is 3.90. The van der Waals surface area contributed by atoms with Crippen LogP contribution in [0.3, 0.4) is 0 Å². The Morgan fingerprint density at radius 2 is 1.45 bits per heavy atom.